The normalized spacial score (nSPS) is 10.2. The first kappa shape index (κ1) is 20.9. The minimum absolute atomic E-state index is 0.149. The standard InChI is InChI=1S/C24H24N2O4/c1-3-25-24(28)18-5-4-6-19(15-18)26-23(27)16-29-20-11-13-22(14-12-20)30-21-9-7-17(2)8-10-21/h4-15H,3,16H2,1-2H3,(H,25,28)(H,26,27). The highest BCUT2D eigenvalue weighted by atomic mass is 16.5. The van der Waals surface area contributed by atoms with Gasteiger partial charge < -0.3 is 20.1 Å². The molecule has 154 valence electrons. The average Bonchev–Trinajstić information content (AvgIpc) is 2.75. The predicted molar refractivity (Wildman–Crippen MR) is 116 cm³/mol. The van der Waals surface area contributed by atoms with Crippen LogP contribution in [0.15, 0.2) is 72.8 Å². The molecule has 2 N–H and O–H groups in total. The molecule has 0 saturated heterocycles. The van der Waals surface area contributed by atoms with E-state index in [-0.39, 0.29) is 18.4 Å². The number of hydrogen-bond donors (Lipinski definition) is 2. The van der Waals surface area contributed by atoms with Crippen LogP contribution in [-0.2, 0) is 4.79 Å². The van der Waals surface area contributed by atoms with E-state index < -0.39 is 0 Å². The second-order valence-corrected chi connectivity index (χ2v) is 6.66. The summed E-state index contributed by atoms with van der Waals surface area (Å²) in [5.41, 5.74) is 2.19. The fourth-order valence-corrected chi connectivity index (χ4v) is 2.69. The van der Waals surface area contributed by atoms with Gasteiger partial charge in [-0.05, 0) is 68.4 Å². The van der Waals surface area contributed by atoms with Crippen molar-refractivity contribution in [1.82, 2.24) is 5.32 Å². The number of carbonyl (C=O) groups is 2. The highest BCUT2D eigenvalue weighted by Gasteiger charge is 2.08. The maximum atomic E-state index is 12.2. The van der Waals surface area contributed by atoms with Gasteiger partial charge in [-0.1, -0.05) is 23.8 Å². The van der Waals surface area contributed by atoms with Gasteiger partial charge in [-0.25, -0.2) is 0 Å². The van der Waals surface area contributed by atoms with E-state index >= 15 is 0 Å². The van der Waals surface area contributed by atoms with Crippen LogP contribution in [0.1, 0.15) is 22.8 Å². The lowest BCUT2D eigenvalue weighted by atomic mass is 10.2. The van der Waals surface area contributed by atoms with Crippen LogP contribution in [0.3, 0.4) is 0 Å². The van der Waals surface area contributed by atoms with Gasteiger partial charge in [-0.2, -0.15) is 0 Å². The molecule has 0 bridgehead atoms. The zero-order valence-electron chi connectivity index (χ0n) is 17.0. The fraction of sp³-hybridized carbons (Fsp3) is 0.167. The van der Waals surface area contributed by atoms with Crippen molar-refractivity contribution in [3.63, 3.8) is 0 Å². The van der Waals surface area contributed by atoms with Crippen molar-refractivity contribution >= 4 is 17.5 Å². The summed E-state index contributed by atoms with van der Waals surface area (Å²) < 4.78 is 11.3. The van der Waals surface area contributed by atoms with Gasteiger partial charge in [0.15, 0.2) is 6.61 Å². The molecule has 0 spiro atoms. The summed E-state index contributed by atoms with van der Waals surface area (Å²) in [5.74, 6) is 1.49. The maximum Gasteiger partial charge on any atom is 0.262 e. The second kappa shape index (κ2) is 10.1. The number of aryl methyl sites for hydroxylation is 1. The van der Waals surface area contributed by atoms with Crippen LogP contribution in [-0.4, -0.2) is 25.0 Å². The minimum atomic E-state index is -0.317. The molecule has 0 radical (unpaired) electrons. The zero-order chi connectivity index (χ0) is 21.3. The van der Waals surface area contributed by atoms with Crippen molar-refractivity contribution in [1.29, 1.82) is 0 Å². The van der Waals surface area contributed by atoms with E-state index in [0.29, 0.717) is 29.3 Å². The number of hydrogen-bond acceptors (Lipinski definition) is 4. The first-order valence-electron chi connectivity index (χ1n) is 9.69. The number of carbonyl (C=O) groups excluding carboxylic acids is 2. The van der Waals surface area contributed by atoms with E-state index in [1.54, 1.807) is 48.5 Å². The number of anilines is 1. The lowest BCUT2D eigenvalue weighted by molar-refractivity contribution is -0.118. The van der Waals surface area contributed by atoms with Gasteiger partial charge in [0.25, 0.3) is 11.8 Å². The summed E-state index contributed by atoms with van der Waals surface area (Å²) in [6.07, 6.45) is 0. The largest absolute Gasteiger partial charge is 0.484 e. The highest BCUT2D eigenvalue weighted by molar-refractivity contribution is 5.97. The van der Waals surface area contributed by atoms with Crippen LogP contribution >= 0.6 is 0 Å². The number of ether oxygens (including phenoxy) is 2. The van der Waals surface area contributed by atoms with E-state index in [9.17, 15) is 9.59 Å². The van der Waals surface area contributed by atoms with Gasteiger partial charge in [0.1, 0.15) is 17.2 Å². The summed E-state index contributed by atoms with van der Waals surface area (Å²) in [6.45, 7) is 4.26. The van der Waals surface area contributed by atoms with Crippen LogP contribution < -0.4 is 20.1 Å². The molecule has 6 heteroatoms. The van der Waals surface area contributed by atoms with E-state index in [1.165, 1.54) is 5.56 Å². The molecule has 0 aliphatic heterocycles. The monoisotopic (exact) mass is 404 g/mol. The Morgan fingerprint density at radius 1 is 0.867 bits per heavy atom. The van der Waals surface area contributed by atoms with Crippen LogP contribution in [0.2, 0.25) is 0 Å². The van der Waals surface area contributed by atoms with Gasteiger partial charge >= 0.3 is 0 Å². The highest BCUT2D eigenvalue weighted by Crippen LogP contribution is 2.24. The quantitative estimate of drug-likeness (QED) is 0.577. The summed E-state index contributed by atoms with van der Waals surface area (Å²) in [4.78, 5) is 24.1. The van der Waals surface area contributed by atoms with Gasteiger partial charge in [-0.15, -0.1) is 0 Å². The lowest BCUT2D eigenvalue weighted by Gasteiger charge is -2.10. The third kappa shape index (κ3) is 6.10. The Kier molecular flexibility index (Phi) is 7.05. The molecular formula is C24H24N2O4. The van der Waals surface area contributed by atoms with Crippen molar-refractivity contribution in [2.75, 3.05) is 18.5 Å². The molecule has 0 heterocycles. The average molecular weight is 404 g/mol. The van der Waals surface area contributed by atoms with Gasteiger partial charge in [0.2, 0.25) is 0 Å². The summed E-state index contributed by atoms with van der Waals surface area (Å²) in [5, 5.41) is 5.45. The molecule has 0 aliphatic rings. The Morgan fingerprint density at radius 2 is 1.50 bits per heavy atom. The Labute approximate surface area is 175 Å². The SMILES string of the molecule is CCNC(=O)c1cccc(NC(=O)COc2ccc(Oc3ccc(C)cc3)cc2)c1. The molecule has 0 atom stereocenters. The maximum absolute atomic E-state index is 12.2. The first-order valence-corrected chi connectivity index (χ1v) is 9.69. The molecule has 3 aromatic rings. The molecular weight excluding hydrogens is 380 g/mol. The third-order valence-corrected chi connectivity index (χ3v) is 4.20. The molecule has 6 nitrogen and oxygen atoms in total. The van der Waals surface area contributed by atoms with E-state index in [1.807, 2.05) is 38.1 Å². The van der Waals surface area contributed by atoms with Gasteiger partial charge in [-0.3, -0.25) is 9.59 Å². The van der Waals surface area contributed by atoms with Crippen molar-refractivity contribution in [2.45, 2.75) is 13.8 Å². The minimum Gasteiger partial charge on any atom is -0.484 e. The number of amides is 2. The van der Waals surface area contributed by atoms with Crippen molar-refractivity contribution in [3.8, 4) is 17.2 Å². The van der Waals surface area contributed by atoms with Crippen molar-refractivity contribution < 1.29 is 19.1 Å². The van der Waals surface area contributed by atoms with Crippen molar-refractivity contribution in [2.24, 2.45) is 0 Å². The van der Waals surface area contributed by atoms with Crippen molar-refractivity contribution in [3.05, 3.63) is 83.9 Å². The number of rotatable bonds is 8. The van der Waals surface area contributed by atoms with Gasteiger partial charge in [0, 0.05) is 17.8 Å². The van der Waals surface area contributed by atoms with Crippen LogP contribution in [0.25, 0.3) is 0 Å². The topological polar surface area (TPSA) is 76.7 Å². The Balaban J connectivity index is 1.50. The molecule has 0 unspecified atom stereocenters. The molecule has 0 saturated carbocycles. The van der Waals surface area contributed by atoms with Gasteiger partial charge in [0.05, 0.1) is 0 Å². The summed E-state index contributed by atoms with van der Waals surface area (Å²) >= 11 is 0. The smallest absolute Gasteiger partial charge is 0.262 e. The lowest BCUT2D eigenvalue weighted by Crippen LogP contribution is -2.23. The molecule has 3 rings (SSSR count). The predicted octanol–water partition coefficient (Wildman–Crippen LogP) is 4.55. The molecule has 0 aliphatic carbocycles. The fourth-order valence-electron chi connectivity index (χ4n) is 2.69. The number of benzene rings is 3. The van der Waals surface area contributed by atoms with E-state index in [2.05, 4.69) is 10.6 Å². The van der Waals surface area contributed by atoms with E-state index in [4.69, 9.17) is 9.47 Å². The first-order chi connectivity index (χ1) is 14.5. The third-order valence-electron chi connectivity index (χ3n) is 4.20. The molecule has 3 aromatic carbocycles. The molecule has 0 fully saturated rings. The molecule has 2 amide bonds. The summed E-state index contributed by atoms with van der Waals surface area (Å²) in [6, 6.07) is 21.6. The molecule has 0 aromatic heterocycles. The Morgan fingerprint density at radius 3 is 2.17 bits per heavy atom. The van der Waals surface area contributed by atoms with Crippen LogP contribution in [0.5, 0.6) is 17.2 Å². The van der Waals surface area contributed by atoms with Crippen LogP contribution in [0, 0.1) is 6.92 Å². The zero-order valence-corrected chi connectivity index (χ0v) is 17.0. The van der Waals surface area contributed by atoms with Crippen LogP contribution in [0.4, 0.5) is 5.69 Å². The second-order valence-electron chi connectivity index (χ2n) is 6.66. The van der Waals surface area contributed by atoms with E-state index in [0.717, 1.165) is 5.75 Å². The Hall–Kier alpha value is -3.80. The Bertz CT molecular complexity index is 998. The number of nitrogens with one attached hydrogen (secondary N) is 2. The molecule has 30 heavy (non-hydrogen) atoms. The summed E-state index contributed by atoms with van der Waals surface area (Å²) in [7, 11) is 0.